The highest BCUT2D eigenvalue weighted by atomic mass is 16.6. The first-order valence-corrected chi connectivity index (χ1v) is 9.02. The zero-order valence-corrected chi connectivity index (χ0v) is 17.1. The van der Waals surface area contributed by atoms with Crippen LogP contribution in [0.2, 0.25) is 0 Å². The molecule has 1 rings (SSSR count). The first-order chi connectivity index (χ1) is 12.9. The molecule has 0 aliphatic heterocycles. The molecule has 1 aliphatic carbocycles. The fraction of sp³-hybridized carbons (Fsp3) is 0.600. The SMILES string of the molecule is C/C=C/C1=C(C)[C@H](OC(=O)C(OC(C)=O)C(OC(C)=O)C(=O)O)CCC1(C)C. The fourth-order valence-electron chi connectivity index (χ4n) is 3.26. The lowest BCUT2D eigenvalue weighted by atomic mass is 9.71. The lowest BCUT2D eigenvalue weighted by Gasteiger charge is -2.37. The highest BCUT2D eigenvalue weighted by molar-refractivity contribution is 5.88. The molecule has 0 aromatic carbocycles. The molecule has 0 aromatic heterocycles. The van der Waals surface area contributed by atoms with E-state index in [-0.39, 0.29) is 5.41 Å². The summed E-state index contributed by atoms with van der Waals surface area (Å²) >= 11 is 0. The minimum absolute atomic E-state index is 0.101. The van der Waals surface area contributed by atoms with Crippen molar-refractivity contribution < 1.29 is 38.5 Å². The monoisotopic (exact) mass is 396 g/mol. The predicted molar refractivity (Wildman–Crippen MR) is 99.2 cm³/mol. The standard InChI is InChI=1S/C20H28O8/c1-7-8-14-11(2)15(9-10-20(14,5)6)28-19(25)17(27-13(4)22)16(18(23)24)26-12(3)21/h7-8,15-17H,9-10H2,1-6H3,(H,23,24)/b8-7+/t15-,16?,17?/m1/s1. The Morgan fingerprint density at radius 2 is 1.64 bits per heavy atom. The lowest BCUT2D eigenvalue weighted by molar-refractivity contribution is -0.190. The Hall–Kier alpha value is -2.64. The van der Waals surface area contributed by atoms with Gasteiger partial charge in [0.05, 0.1) is 0 Å². The van der Waals surface area contributed by atoms with E-state index in [1.54, 1.807) is 0 Å². The van der Waals surface area contributed by atoms with Gasteiger partial charge in [-0.1, -0.05) is 26.0 Å². The number of hydrogen-bond donors (Lipinski definition) is 1. The minimum Gasteiger partial charge on any atom is -0.478 e. The topological polar surface area (TPSA) is 116 Å². The first kappa shape index (κ1) is 23.4. The second-order valence-electron chi connectivity index (χ2n) is 7.34. The number of carboxylic acids is 1. The van der Waals surface area contributed by atoms with Crippen LogP contribution in [0.1, 0.15) is 54.4 Å². The van der Waals surface area contributed by atoms with Crippen LogP contribution in [0.25, 0.3) is 0 Å². The molecule has 0 aromatic rings. The minimum atomic E-state index is -1.99. The quantitative estimate of drug-likeness (QED) is 0.515. The molecule has 1 N–H and O–H groups in total. The van der Waals surface area contributed by atoms with Gasteiger partial charge in [-0.3, -0.25) is 9.59 Å². The molecule has 0 saturated heterocycles. The summed E-state index contributed by atoms with van der Waals surface area (Å²) in [5.74, 6) is -4.52. The third-order valence-electron chi connectivity index (χ3n) is 4.60. The normalized spacial score (nSPS) is 21.0. The van der Waals surface area contributed by atoms with Crippen LogP contribution in [0.5, 0.6) is 0 Å². The summed E-state index contributed by atoms with van der Waals surface area (Å²) in [6.45, 7) is 9.92. The Kier molecular flexibility index (Phi) is 7.96. The summed E-state index contributed by atoms with van der Waals surface area (Å²) in [6.07, 6.45) is 0.637. The first-order valence-electron chi connectivity index (χ1n) is 9.02. The van der Waals surface area contributed by atoms with Crippen molar-refractivity contribution in [2.24, 2.45) is 5.41 Å². The van der Waals surface area contributed by atoms with E-state index in [4.69, 9.17) is 9.47 Å². The van der Waals surface area contributed by atoms with Crippen LogP contribution in [0, 0.1) is 5.41 Å². The van der Waals surface area contributed by atoms with Gasteiger partial charge in [-0.2, -0.15) is 0 Å². The maximum Gasteiger partial charge on any atom is 0.352 e. The number of carboxylic acid groups (broad SMARTS) is 1. The highest BCUT2D eigenvalue weighted by Crippen LogP contribution is 2.42. The number of allylic oxidation sites excluding steroid dienone is 3. The van der Waals surface area contributed by atoms with Crippen molar-refractivity contribution >= 4 is 23.9 Å². The Morgan fingerprint density at radius 3 is 2.11 bits per heavy atom. The zero-order valence-electron chi connectivity index (χ0n) is 17.1. The molecule has 0 saturated carbocycles. The fourth-order valence-corrected chi connectivity index (χ4v) is 3.26. The van der Waals surface area contributed by atoms with Crippen molar-refractivity contribution in [3.63, 3.8) is 0 Å². The van der Waals surface area contributed by atoms with E-state index >= 15 is 0 Å². The number of esters is 3. The molecule has 28 heavy (non-hydrogen) atoms. The molecule has 0 spiro atoms. The smallest absolute Gasteiger partial charge is 0.352 e. The third kappa shape index (κ3) is 5.94. The van der Waals surface area contributed by atoms with Crippen molar-refractivity contribution in [2.75, 3.05) is 0 Å². The average Bonchev–Trinajstić information content (AvgIpc) is 2.56. The number of ether oxygens (including phenoxy) is 3. The number of carbonyl (C=O) groups is 4. The van der Waals surface area contributed by atoms with Gasteiger partial charge < -0.3 is 19.3 Å². The number of rotatable bonds is 7. The number of hydrogen-bond acceptors (Lipinski definition) is 7. The molecular weight excluding hydrogens is 368 g/mol. The van der Waals surface area contributed by atoms with E-state index in [9.17, 15) is 24.3 Å². The van der Waals surface area contributed by atoms with Gasteiger partial charge in [-0.25, -0.2) is 9.59 Å². The van der Waals surface area contributed by atoms with Crippen LogP contribution in [0.3, 0.4) is 0 Å². The molecule has 0 heterocycles. The maximum absolute atomic E-state index is 12.7. The average molecular weight is 396 g/mol. The van der Waals surface area contributed by atoms with Gasteiger partial charge in [0.2, 0.25) is 12.2 Å². The highest BCUT2D eigenvalue weighted by Gasteiger charge is 2.43. The van der Waals surface area contributed by atoms with Gasteiger partial charge in [0.25, 0.3) is 0 Å². The van der Waals surface area contributed by atoms with Crippen LogP contribution in [0.4, 0.5) is 0 Å². The summed E-state index contributed by atoms with van der Waals surface area (Å²) in [4.78, 5) is 46.7. The molecule has 1 aliphatic rings. The van der Waals surface area contributed by atoms with Crippen molar-refractivity contribution in [3.05, 3.63) is 23.3 Å². The molecular formula is C20H28O8. The molecule has 8 nitrogen and oxygen atoms in total. The largest absolute Gasteiger partial charge is 0.478 e. The molecule has 0 bridgehead atoms. The maximum atomic E-state index is 12.7. The molecule has 2 unspecified atom stereocenters. The van der Waals surface area contributed by atoms with Crippen LogP contribution in [-0.2, 0) is 33.4 Å². The van der Waals surface area contributed by atoms with Crippen LogP contribution < -0.4 is 0 Å². The molecule has 156 valence electrons. The van der Waals surface area contributed by atoms with Crippen molar-refractivity contribution in [3.8, 4) is 0 Å². The molecule has 8 heteroatoms. The van der Waals surface area contributed by atoms with Gasteiger partial charge in [0.1, 0.15) is 6.10 Å². The predicted octanol–water partition coefficient (Wildman–Crippen LogP) is 2.56. The van der Waals surface area contributed by atoms with Crippen molar-refractivity contribution in [1.29, 1.82) is 0 Å². The van der Waals surface area contributed by atoms with E-state index in [2.05, 4.69) is 18.6 Å². The number of aliphatic carboxylic acids is 1. The second kappa shape index (κ2) is 9.52. The van der Waals surface area contributed by atoms with Crippen LogP contribution in [0.15, 0.2) is 23.3 Å². The van der Waals surface area contributed by atoms with Gasteiger partial charge in [0.15, 0.2) is 0 Å². The molecule has 0 amide bonds. The van der Waals surface area contributed by atoms with E-state index < -0.39 is 42.2 Å². The zero-order chi connectivity index (χ0) is 21.6. The Labute approximate surface area is 164 Å². The Morgan fingerprint density at radius 1 is 1.11 bits per heavy atom. The molecule has 0 fully saturated rings. The molecule has 3 atom stereocenters. The van der Waals surface area contributed by atoms with Gasteiger partial charge >= 0.3 is 23.9 Å². The summed E-state index contributed by atoms with van der Waals surface area (Å²) in [7, 11) is 0. The number of carbonyl (C=O) groups excluding carboxylic acids is 3. The van der Waals surface area contributed by atoms with E-state index in [1.165, 1.54) is 0 Å². The van der Waals surface area contributed by atoms with Crippen LogP contribution in [-0.4, -0.2) is 47.3 Å². The van der Waals surface area contributed by atoms with Gasteiger partial charge in [-0.15, -0.1) is 0 Å². The van der Waals surface area contributed by atoms with Gasteiger partial charge in [0, 0.05) is 13.8 Å². The van der Waals surface area contributed by atoms with E-state index in [0.29, 0.717) is 6.42 Å². The summed E-state index contributed by atoms with van der Waals surface area (Å²) in [5, 5.41) is 9.30. The Bertz CT molecular complexity index is 701. The van der Waals surface area contributed by atoms with E-state index in [1.807, 2.05) is 26.0 Å². The third-order valence-corrected chi connectivity index (χ3v) is 4.60. The van der Waals surface area contributed by atoms with E-state index in [0.717, 1.165) is 31.4 Å². The van der Waals surface area contributed by atoms with Crippen molar-refractivity contribution in [1.82, 2.24) is 0 Å². The second-order valence-corrected chi connectivity index (χ2v) is 7.34. The summed E-state index contributed by atoms with van der Waals surface area (Å²) in [5.41, 5.74) is 1.76. The molecule has 0 radical (unpaired) electrons. The van der Waals surface area contributed by atoms with Crippen LogP contribution >= 0.6 is 0 Å². The van der Waals surface area contributed by atoms with Crippen molar-refractivity contribution in [2.45, 2.75) is 72.7 Å². The Balaban J connectivity index is 3.17. The summed E-state index contributed by atoms with van der Waals surface area (Å²) in [6, 6.07) is 0. The summed E-state index contributed by atoms with van der Waals surface area (Å²) < 4.78 is 15.0. The van der Waals surface area contributed by atoms with Gasteiger partial charge in [-0.05, 0) is 43.3 Å². The lowest BCUT2D eigenvalue weighted by Crippen LogP contribution is -2.47.